The van der Waals surface area contributed by atoms with Crippen LogP contribution in [0.3, 0.4) is 0 Å². The summed E-state index contributed by atoms with van der Waals surface area (Å²) in [5, 5.41) is 5.09. The zero-order valence-corrected chi connectivity index (χ0v) is 32.1. The first kappa shape index (κ1) is 32.6. The molecule has 268 valence electrons. The molecule has 56 heavy (non-hydrogen) atoms. The first-order valence-corrected chi connectivity index (χ1v) is 19.6. The van der Waals surface area contributed by atoms with Crippen LogP contribution in [0, 0.1) is 27.7 Å². The summed E-state index contributed by atoms with van der Waals surface area (Å²) in [5.74, 6) is 0. The number of pyridine rings is 2. The standard InChI is InChI=1S/C52H40N4/c1-31-9-11-33(3)41(21-31)35-15-17-49-45(23-35)47-25-37-13-14-38-26-48-46-24-36(42-22-32(2)10-12-34(42)4)16-18-50(46)56(40-8-6-20-54-30-40)52(48)28-44(38)43(37)27-51(47)55(49)39-7-5-19-53-29-39/h5-12,15-30H,13-14H2,1-4H3. The molecule has 4 heteroatoms. The maximum absolute atomic E-state index is 4.56. The summed E-state index contributed by atoms with van der Waals surface area (Å²) < 4.78 is 4.80. The number of benzene rings is 6. The molecule has 0 bridgehead atoms. The molecule has 4 heterocycles. The van der Waals surface area contributed by atoms with Crippen molar-refractivity contribution in [3.8, 4) is 44.8 Å². The van der Waals surface area contributed by atoms with E-state index < -0.39 is 0 Å². The molecule has 4 nitrogen and oxygen atoms in total. The predicted octanol–water partition coefficient (Wildman–Crippen LogP) is 13.0. The average molecular weight is 721 g/mol. The fourth-order valence-corrected chi connectivity index (χ4v) is 9.36. The zero-order valence-electron chi connectivity index (χ0n) is 32.1. The SMILES string of the molecule is Cc1ccc(C)c(-c2ccc3c(c2)c2cc4c(cc2n3-c2cccnc2)-c2cc3c(cc2CC4)c2cc(-c4cc(C)ccc4C)ccc2n3-c2cccnc2)c1. The molecule has 0 spiro atoms. The largest absolute Gasteiger partial charge is 0.308 e. The molecule has 0 aliphatic heterocycles. The Bertz CT molecular complexity index is 3000. The molecule has 0 radical (unpaired) electrons. The lowest BCUT2D eigenvalue weighted by atomic mass is 9.84. The third-order valence-electron chi connectivity index (χ3n) is 12.2. The summed E-state index contributed by atoms with van der Waals surface area (Å²) in [6.45, 7) is 8.77. The highest BCUT2D eigenvalue weighted by Crippen LogP contribution is 2.45. The molecule has 4 aromatic heterocycles. The van der Waals surface area contributed by atoms with Crippen LogP contribution in [0.15, 0.2) is 146 Å². The Kier molecular flexibility index (Phi) is 7.21. The van der Waals surface area contributed by atoms with Gasteiger partial charge < -0.3 is 9.13 Å². The van der Waals surface area contributed by atoms with Crippen molar-refractivity contribution in [1.82, 2.24) is 19.1 Å². The van der Waals surface area contributed by atoms with E-state index in [2.05, 4.69) is 156 Å². The number of aromatic nitrogens is 4. The van der Waals surface area contributed by atoms with Gasteiger partial charge in [0.05, 0.1) is 45.8 Å². The molecule has 11 rings (SSSR count). The maximum atomic E-state index is 4.56. The number of aryl methyl sites for hydroxylation is 6. The van der Waals surface area contributed by atoms with Gasteiger partial charge in [0.25, 0.3) is 0 Å². The first-order chi connectivity index (χ1) is 27.4. The van der Waals surface area contributed by atoms with Gasteiger partial charge in [-0.1, -0.05) is 59.7 Å². The van der Waals surface area contributed by atoms with E-state index in [1.807, 2.05) is 36.9 Å². The van der Waals surface area contributed by atoms with Gasteiger partial charge in [-0.25, -0.2) is 0 Å². The summed E-state index contributed by atoms with van der Waals surface area (Å²) in [6, 6.07) is 45.7. The molecule has 0 unspecified atom stereocenters. The normalized spacial score (nSPS) is 12.5. The predicted molar refractivity (Wildman–Crippen MR) is 233 cm³/mol. The minimum atomic E-state index is 0.995. The average Bonchev–Trinajstić information content (AvgIpc) is 3.72. The lowest BCUT2D eigenvalue weighted by Crippen LogP contribution is -2.05. The van der Waals surface area contributed by atoms with Crippen molar-refractivity contribution in [3.63, 3.8) is 0 Å². The van der Waals surface area contributed by atoms with E-state index in [0.717, 1.165) is 24.2 Å². The topological polar surface area (TPSA) is 35.6 Å². The molecule has 1 aliphatic carbocycles. The van der Waals surface area contributed by atoms with Gasteiger partial charge in [0.15, 0.2) is 0 Å². The van der Waals surface area contributed by atoms with Gasteiger partial charge in [0.2, 0.25) is 0 Å². The van der Waals surface area contributed by atoms with Crippen molar-refractivity contribution >= 4 is 43.6 Å². The minimum Gasteiger partial charge on any atom is -0.308 e. The van der Waals surface area contributed by atoms with Crippen LogP contribution >= 0.6 is 0 Å². The second-order valence-corrected chi connectivity index (χ2v) is 15.7. The Hall–Kier alpha value is -6.78. The molecular weight excluding hydrogens is 681 g/mol. The molecule has 10 aromatic rings. The number of nitrogens with zero attached hydrogens (tertiary/aromatic N) is 4. The van der Waals surface area contributed by atoms with Gasteiger partial charge in [-0.2, -0.15) is 0 Å². The summed E-state index contributed by atoms with van der Waals surface area (Å²) in [6.07, 6.45) is 9.65. The van der Waals surface area contributed by atoms with Crippen LogP contribution in [0.4, 0.5) is 0 Å². The van der Waals surface area contributed by atoms with E-state index in [1.165, 1.54) is 110 Å². The van der Waals surface area contributed by atoms with Gasteiger partial charge in [0.1, 0.15) is 0 Å². The van der Waals surface area contributed by atoms with Crippen molar-refractivity contribution < 1.29 is 0 Å². The van der Waals surface area contributed by atoms with Crippen molar-refractivity contribution in [2.24, 2.45) is 0 Å². The van der Waals surface area contributed by atoms with E-state index in [-0.39, 0.29) is 0 Å². The minimum absolute atomic E-state index is 0.995. The highest BCUT2D eigenvalue weighted by molar-refractivity contribution is 6.14. The molecule has 6 aromatic carbocycles. The van der Waals surface area contributed by atoms with Crippen LogP contribution in [0.25, 0.3) is 88.4 Å². The highest BCUT2D eigenvalue weighted by Gasteiger charge is 2.24. The van der Waals surface area contributed by atoms with Crippen LogP contribution in [0.2, 0.25) is 0 Å². The zero-order chi connectivity index (χ0) is 37.7. The van der Waals surface area contributed by atoms with Crippen LogP contribution in [0.5, 0.6) is 0 Å². The van der Waals surface area contributed by atoms with Crippen LogP contribution in [0.1, 0.15) is 33.4 Å². The number of fused-ring (bicyclic) bond motifs is 9. The van der Waals surface area contributed by atoms with E-state index in [4.69, 9.17) is 0 Å². The van der Waals surface area contributed by atoms with Gasteiger partial charge >= 0.3 is 0 Å². The molecule has 0 atom stereocenters. The Balaban J connectivity index is 1.17. The number of hydrogen-bond acceptors (Lipinski definition) is 2. The number of hydrogen-bond donors (Lipinski definition) is 0. The molecule has 0 N–H and O–H groups in total. The maximum Gasteiger partial charge on any atom is 0.0645 e. The van der Waals surface area contributed by atoms with Crippen LogP contribution in [-0.2, 0) is 12.8 Å². The van der Waals surface area contributed by atoms with Gasteiger partial charge in [0, 0.05) is 33.9 Å². The smallest absolute Gasteiger partial charge is 0.0645 e. The summed E-state index contributed by atoms with van der Waals surface area (Å²) in [7, 11) is 0. The second kappa shape index (κ2) is 12.4. The third-order valence-corrected chi connectivity index (χ3v) is 12.2. The fourth-order valence-electron chi connectivity index (χ4n) is 9.36. The molecule has 0 saturated heterocycles. The monoisotopic (exact) mass is 720 g/mol. The van der Waals surface area contributed by atoms with Crippen LogP contribution < -0.4 is 0 Å². The molecule has 1 aliphatic rings. The number of rotatable bonds is 4. The summed E-state index contributed by atoms with van der Waals surface area (Å²) in [4.78, 5) is 9.13. The summed E-state index contributed by atoms with van der Waals surface area (Å²) >= 11 is 0. The molecular formula is C52H40N4. The molecule has 0 fully saturated rings. The first-order valence-electron chi connectivity index (χ1n) is 19.6. The van der Waals surface area contributed by atoms with E-state index >= 15 is 0 Å². The van der Waals surface area contributed by atoms with Gasteiger partial charge in [-0.15, -0.1) is 0 Å². The Morgan fingerprint density at radius 2 is 0.857 bits per heavy atom. The van der Waals surface area contributed by atoms with Crippen molar-refractivity contribution in [2.45, 2.75) is 40.5 Å². The van der Waals surface area contributed by atoms with Gasteiger partial charge in [-0.3, -0.25) is 9.97 Å². The van der Waals surface area contributed by atoms with E-state index in [1.54, 1.807) is 0 Å². The highest BCUT2D eigenvalue weighted by atomic mass is 15.0. The van der Waals surface area contributed by atoms with E-state index in [0.29, 0.717) is 0 Å². The van der Waals surface area contributed by atoms with Crippen LogP contribution in [-0.4, -0.2) is 19.1 Å². The quantitative estimate of drug-likeness (QED) is 0.181. The Labute approximate surface area is 326 Å². The lowest BCUT2D eigenvalue weighted by molar-refractivity contribution is 0.946. The van der Waals surface area contributed by atoms with Crippen molar-refractivity contribution in [3.05, 3.63) is 179 Å². The van der Waals surface area contributed by atoms with Crippen molar-refractivity contribution in [2.75, 3.05) is 0 Å². The van der Waals surface area contributed by atoms with Crippen molar-refractivity contribution in [1.29, 1.82) is 0 Å². The van der Waals surface area contributed by atoms with E-state index in [9.17, 15) is 0 Å². The van der Waals surface area contributed by atoms with Gasteiger partial charge in [-0.05, 0) is 169 Å². The Morgan fingerprint density at radius 1 is 0.411 bits per heavy atom. The lowest BCUT2D eigenvalue weighted by Gasteiger charge is -2.21. The molecule has 0 amide bonds. The molecule has 0 saturated carbocycles. The second-order valence-electron chi connectivity index (χ2n) is 15.7. The fraction of sp³-hybridized carbons (Fsp3) is 0.115. The summed E-state index contributed by atoms with van der Waals surface area (Å²) in [5.41, 5.74) is 22.5. The Morgan fingerprint density at radius 3 is 1.29 bits per heavy atom. The third kappa shape index (κ3) is 4.99.